The third kappa shape index (κ3) is 34.1. The molecular formula is C43H85F9O11. The van der Waals surface area contributed by atoms with Gasteiger partial charge in [0.25, 0.3) is 0 Å². The van der Waals surface area contributed by atoms with Crippen LogP contribution in [0.2, 0.25) is 0 Å². The van der Waals surface area contributed by atoms with E-state index < -0.39 is 48.4 Å². The summed E-state index contributed by atoms with van der Waals surface area (Å²) in [5, 5.41) is 0. The lowest BCUT2D eigenvalue weighted by atomic mass is 9.91. The molecule has 0 N–H and O–H groups in total. The Morgan fingerprint density at radius 1 is 0.476 bits per heavy atom. The maximum atomic E-state index is 13.1. The predicted molar refractivity (Wildman–Crippen MR) is 227 cm³/mol. The number of carbonyl (C=O) groups is 2. The molecule has 1 unspecified atom stereocenters. The van der Waals surface area contributed by atoms with Crippen LogP contribution in [0.25, 0.3) is 0 Å². The van der Waals surface area contributed by atoms with Crippen LogP contribution in [0.1, 0.15) is 129 Å². The highest BCUT2D eigenvalue weighted by Crippen LogP contribution is 2.54. The molecule has 63 heavy (non-hydrogen) atoms. The van der Waals surface area contributed by atoms with Crippen LogP contribution in [0.15, 0.2) is 0 Å². The summed E-state index contributed by atoms with van der Waals surface area (Å²) in [7, 11) is 1.70. The number of carbonyl (C=O) groups excluding carboxylic acids is 2. The van der Waals surface area contributed by atoms with Crippen LogP contribution in [0.5, 0.6) is 0 Å². The van der Waals surface area contributed by atoms with Crippen molar-refractivity contribution in [3.63, 3.8) is 0 Å². The molecule has 0 bridgehead atoms. The standard InChI is InChI=1S/C27H54O9.C12H15F9O2.4CH4/c1-4-26(2)27(28)36-25-11-24-35-23-10-22-34-21-9-20-33-19-8-18-32-17-7-16-31-15-6-14-30-13-5-12-29-3;1-4-8(2,3)7(22)23-6-5-9(13,14)10(15,16)11(17,18)12(19,20)21;;;;/h26H,4-25H2,1-3H3;4-6H2,1-3H3;4*1H4. The molecule has 0 aromatic heterocycles. The molecular weight excluding hydrogens is 863 g/mol. The Morgan fingerprint density at radius 3 is 1.08 bits per heavy atom. The van der Waals surface area contributed by atoms with Gasteiger partial charge in [0.15, 0.2) is 0 Å². The number of halogens is 9. The molecule has 0 rings (SSSR count). The summed E-state index contributed by atoms with van der Waals surface area (Å²) in [6.45, 7) is 16.3. The Labute approximate surface area is 373 Å². The van der Waals surface area contributed by atoms with Crippen LogP contribution in [-0.2, 0) is 52.2 Å². The molecule has 0 spiro atoms. The summed E-state index contributed by atoms with van der Waals surface area (Å²) in [6, 6.07) is 0. The van der Waals surface area contributed by atoms with Gasteiger partial charge in [-0.05, 0) is 65.2 Å². The Bertz CT molecular complexity index is 1040. The summed E-state index contributed by atoms with van der Waals surface area (Å²) in [5.41, 5.74) is -1.15. The van der Waals surface area contributed by atoms with Crippen molar-refractivity contribution in [2.75, 3.05) is 106 Å². The number of rotatable bonds is 37. The molecule has 11 nitrogen and oxygen atoms in total. The van der Waals surface area contributed by atoms with Crippen molar-refractivity contribution >= 4 is 11.9 Å². The van der Waals surface area contributed by atoms with Gasteiger partial charge >= 0.3 is 35.9 Å². The van der Waals surface area contributed by atoms with Gasteiger partial charge in [0.1, 0.15) is 0 Å². The minimum absolute atomic E-state index is 0. The second-order valence-corrected chi connectivity index (χ2v) is 14.1. The number of ether oxygens (including phenoxy) is 9. The van der Waals surface area contributed by atoms with Gasteiger partial charge in [-0.25, -0.2) is 0 Å². The first-order valence-electron chi connectivity index (χ1n) is 20.2. The molecule has 0 fully saturated rings. The maximum Gasteiger partial charge on any atom is 0.460 e. The van der Waals surface area contributed by atoms with Gasteiger partial charge in [0.05, 0.1) is 31.0 Å². The van der Waals surface area contributed by atoms with Gasteiger partial charge in [-0.15, -0.1) is 0 Å². The third-order valence-electron chi connectivity index (χ3n) is 8.51. The van der Waals surface area contributed by atoms with Crippen molar-refractivity contribution in [2.24, 2.45) is 11.3 Å². The zero-order valence-corrected chi connectivity index (χ0v) is 35.6. The smallest absolute Gasteiger partial charge is 0.460 e. The first-order valence-corrected chi connectivity index (χ1v) is 20.2. The van der Waals surface area contributed by atoms with E-state index >= 15 is 0 Å². The van der Waals surface area contributed by atoms with E-state index in [4.69, 9.17) is 37.9 Å². The molecule has 0 heterocycles. The summed E-state index contributed by atoms with van der Waals surface area (Å²) >= 11 is 0. The lowest BCUT2D eigenvalue weighted by molar-refractivity contribution is -0.397. The van der Waals surface area contributed by atoms with Crippen LogP contribution < -0.4 is 0 Å². The Hall–Kier alpha value is -1.97. The van der Waals surface area contributed by atoms with E-state index in [9.17, 15) is 49.1 Å². The zero-order valence-electron chi connectivity index (χ0n) is 35.6. The van der Waals surface area contributed by atoms with Crippen LogP contribution in [-0.4, -0.2) is 142 Å². The van der Waals surface area contributed by atoms with Gasteiger partial charge in [-0.3, -0.25) is 9.59 Å². The molecule has 386 valence electrons. The fraction of sp³-hybridized carbons (Fsp3) is 0.953. The van der Waals surface area contributed by atoms with Crippen LogP contribution in [0.4, 0.5) is 39.5 Å². The molecule has 0 saturated heterocycles. The van der Waals surface area contributed by atoms with Crippen molar-refractivity contribution in [1.82, 2.24) is 0 Å². The minimum atomic E-state index is -6.93. The normalized spacial score (nSPS) is 12.4. The third-order valence-corrected chi connectivity index (χ3v) is 8.51. The van der Waals surface area contributed by atoms with E-state index in [1.807, 2.05) is 13.8 Å². The topological polar surface area (TPSA) is 117 Å². The summed E-state index contributed by atoms with van der Waals surface area (Å²) in [4.78, 5) is 22.9. The lowest BCUT2D eigenvalue weighted by Gasteiger charge is -2.33. The van der Waals surface area contributed by atoms with Gasteiger partial charge in [0.2, 0.25) is 0 Å². The largest absolute Gasteiger partial charge is 0.465 e. The van der Waals surface area contributed by atoms with Gasteiger partial charge < -0.3 is 42.6 Å². The van der Waals surface area contributed by atoms with E-state index in [0.29, 0.717) is 52.9 Å². The number of alkyl halides is 9. The highest BCUT2D eigenvalue weighted by molar-refractivity contribution is 5.75. The zero-order chi connectivity index (χ0) is 45.3. The number of hydrogen-bond acceptors (Lipinski definition) is 11. The summed E-state index contributed by atoms with van der Waals surface area (Å²) < 4.78 is 161. The Morgan fingerprint density at radius 2 is 0.794 bits per heavy atom. The number of hydrogen-bond donors (Lipinski definition) is 0. The van der Waals surface area contributed by atoms with E-state index in [1.165, 1.54) is 20.8 Å². The van der Waals surface area contributed by atoms with Crippen molar-refractivity contribution in [1.29, 1.82) is 0 Å². The average molecular weight is 949 g/mol. The maximum absolute atomic E-state index is 13.1. The van der Waals surface area contributed by atoms with Crippen LogP contribution >= 0.6 is 0 Å². The molecule has 0 amide bonds. The molecule has 0 aliphatic rings. The fourth-order valence-electron chi connectivity index (χ4n) is 4.05. The molecule has 0 aromatic rings. The quantitative estimate of drug-likeness (QED) is 0.0337. The highest BCUT2D eigenvalue weighted by atomic mass is 19.4. The second-order valence-electron chi connectivity index (χ2n) is 14.1. The number of esters is 2. The van der Waals surface area contributed by atoms with Gasteiger partial charge in [-0.2, -0.15) is 39.5 Å². The van der Waals surface area contributed by atoms with E-state index in [1.54, 1.807) is 7.11 Å². The average Bonchev–Trinajstić information content (AvgIpc) is 3.17. The Balaban J connectivity index is -0.000000263. The van der Waals surface area contributed by atoms with Gasteiger partial charge in [0, 0.05) is 99.4 Å². The summed E-state index contributed by atoms with van der Waals surface area (Å²) in [6.07, 6.45) is -1.89. The Kier molecular flexibility index (Phi) is 47.8. The monoisotopic (exact) mass is 949 g/mol. The predicted octanol–water partition coefficient (Wildman–Crippen LogP) is 11.4. The first kappa shape index (κ1) is 72.6. The molecule has 1 atom stereocenters. The van der Waals surface area contributed by atoms with Crippen LogP contribution in [0.3, 0.4) is 0 Å². The highest BCUT2D eigenvalue weighted by Gasteiger charge is 2.81. The molecule has 0 radical (unpaired) electrons. The summed E-state index contributed by atoms with van der Waals surface area (Å²) in [5.74, 6) is -20.6. The van der Waals surface area contributed by atoms with Crippen molar-refractivity contribution in [3.05, 3.63) is 0 Å². The van der Waals surface area contributed by atoms with Crippen molar-refractivity contribution < 1.29 is 91.7 Å². The van der Waals surface area contributed by atoms with Crippen molar-refractivity contribution in [2.45, 2.75) is 152 Å². The SMILES string of the molecule is C.C.C.C.CCC(C)(C)C(=O)OCCC(F)(F)C(F)(F)C(F)(F)C(F)(F)F.CCC(C)C(=O)OCCCOCCCOCCCOCCCOCCCOCCCOCCCOC. The molecule has 0 aliphatic carbocycles. The lowest BCUT2D eigenvalue weighted by Crippen LogP contribution is -2.61. The number of methoxy groups -OCH3 is 1. The molecule has 0 aliphatic heterocycles. The van der Waals surface area contributed by atoms with E-state index in [2.05, 4.69) is 4.74 Å². The first-order chi connectivity index (χ1) is 27.7. The van der Waals surface area contributed by atoms with Crippen LogP contribution in [0, 0.1) is 11.3 Å². The van der Waals surface area contributed by atoms with Crippen molar-refractivity contribution in [3.8, 4) is 0 Å². The molecule has 0 aromatic carbocycles. The minimum Gasteiger partial charge on any atom is -0.465 e. The molecule has 0 saturated carbocycles. The molecule has 20 heteroatoms. The van der Waals surface area contributed by atoms with Gasteiger partial charge in [-0.1, -0.05) is 50.5 Å². The second kappa shape index (κ2) is 41.5. The van der Waals surface area contributed by atoms with E-state index in [0.717, 1.165) is 91.0 Å². The fourth-order valence-corrected chi connectivity index (χ4v) is 4.05. The van der Waals surface area contributed by atoms with E-state index in [-0.39, 0.29) is 48.0 Å².